The van der Waals surface area contributed by atoms with Crippen LogP contribution in [0.5, 0.6) is 0 Å². The van der Waals surface area contributed by atoms with E-state index in [2.05, 4.69) is 76.6 Å². The monoisotopic (exact) mass is 392 g/mol. The molecule has 0 radical (unpaired) electrons. The summed E-state index contributed by atoms with van der Waals surface area (Å²) in [5.74, 6) is 0. The number of hydrogen-bond acceptors (Lipinski definition) is 1. The number of thiophene rings is 1. The molecule has 2 aromatic rings. The third-order valence-electron chi connectivity index (χ3n) is 2.42. The molecule has 0 amide bonds. The molecule has 0 N–H and O–H groups in total. The summed E-state index contributed by atoms with van der Waals surface area (Å²) in [6.45, 7) is 4.38. The molecule has 1 heterocycles. The highest BCUT2D eigenvalue weighted by atomic mass is 127. The highest BCUT2D eigenvalue weighted by Gasteiger charge is 2.11. The SMILES string of the molecule is Cc1sc(-c2ccc(Br)cc2)c(I)c1C. The standard InChI is InChI=1S/C12H10BrIS/c1-7-8(2)15-12(11(7)14)9-3-5-10(13)6-4-9/h3-6H,1-2H3. The average Bonchev–Trinajstić information content (AvgIpc) is 2.47. The Kier molecular flexibility index (Phi) is 3.52. The van der Waals surface area contributed by atoms with E-state index in [1.165, 1.54) is 24.5 Å². The van der Waals surface area contributed by atoms with Crippen molar-refractivity contribution in [2.75, 3.05) is 0 Å². The number of rotatable bonds is 1. The van der Waals surface area contributed by atoms with E-state index >= 15 is 0 Å². The van der Waals surface area contributed by atoms with Gasteiger partial charge in [-0.3, -0.25) is 0 Å². The molecule has 0 saturated heterocycles. The van der Waals surface area contributed by atoms with Crippen LogP contribution >= 0.6 is 49.9 Å². The van der Waals surface area contributed by atoms with E-state index in [9.17, 15) is 0 Å². The molecule has 0 atom stereocenters. The summed E-state index contributed by atoms with van der Waals surface area (Å²) >= 11 is 7.77. The zero-order valence-electron chi connectivity index (χ0n) is 8.47. The minimum atomic E-state index is 1.13. The van der Waals surface area contributed by atoms with Crippen LogP contribution in [-0.2, 0) is 0 Å². The molecule has 1 aromatic heterocycles. The highest BCUT2D eigenvalue weighted by molar-refractivity contribution is 14.1. The second-order valence-corrected chi connectivity index (χ2v) is 6.65. The van der Waals surface area contributed by atoms with E-state index in [-0.39, 0.29) is 0 Å². The van der Waals surface area contributed by atoms with Gasteiger partial charge < -0.3 is 0 Å². The van der Waals surface area contributed by atoms with Gasteiger partial charge in [-0.1, -0.05) is 28.1 Å². The Bertz CT molecular complexity index is 485. The number of halogens is 2. The zero-order valence-corrected chi connectivity index (χ0v) is 13.0. The summed E-state index contributed by atoms with van der Waals surface area (Å²) in [7, 11) is 0. The average molecular weight is 393 g/mol. The van der Waals surface area contributed by atoms with E-state index in [4.69, 9.17) is 0 Å². The molecule has 0 fully saturated rings. The first-order valence-electron chi connectivity index (χ1n) is 4.61. The Morgan fingerprint density at radius 1 is 1.13 bits per heavy atom. The quantitative estimate of drug-likeness (QED) is 0.570. The van der Waals surface area contributed by atoms with Gasteiger partial charge in [0.2, 0.25) is 0 Å². The Morgan fingerprint density at radius 3 is 2.20 bits per heavy atom. The van der Waals surface area contributed by atoms with Crippen molar-refractivity contribution < 1.29 is 0 Å². The maximum atomic E-state index is 3.46. The molecule has 15 heavy (non-hydrogen) atoms. The van der Waals surface area contributed by atoms with Crippen molar-refractivity contribution in [2.24, 2.45) is 0 Å². The molecule has 3 heteroatoms. The number of hydrogen-bond donors (Lipinski definition) is 0. The first-order chi connectivity index (χ1) is 7.09. The minimum absolute atomic E-state index is 1.13. The number of benzene rings is 1. The van der Waals surface area contributed by atoms with Crippen molar-refractivity contribution in [2.45, 2.75) is 13.8 Å². The van der Waals surface area contributed by atoms with Crippen LogP contribution in [0.25, 0.3) is 10.4 Å². The van der Waals surface area contributed by atoms with Gasteiger partial charge in [0.15, 0.2) is 0 Å². The molecular weight excluding hydrogens is 383 g/mol. The van der Waals surface area contributed by atoms with Crippen molar-refractivity contribution in [3.8, 4) is 10.4 Å². The highest BCUT2D eigenvalue weighted by Crippen LogP contribution is 2.37. The maximum absolute atomic E-state index is 3.46. The lowest BCUT2D eigenvalue weighted by Crippen LogP contribution is -1.77. The van der Waals surface area contributed by atoms with Gasteiger partial charge in [0, 0.05) is 17.8 Å². The predicted octanol–water partition coefficient (Wildman–Crippen LogP) is 5.40. The fourth-order valence-corrected chi connectivity index (χ4v) is 3.94. The Balaban J connectivity index is 2.54. The van der Waals surface area contributed by atoms with Crippen LogP contribution in [0, 0.1) is 17.4 Å². The molecule has 78 valence electrons. The lowest BCUT2D eigenvalue weighted by molar-refractivity contribution is 1.41. The van der Waals surface area contributed by atoms with Gasteiger partial charge in [0.05, 0.1) is 0 Å². The molecular formula is C12H10BrIS. The molecule has 0 bridgehead atoms. The van der Waals surface area contributed by atoms with Crippen LogP contribution in [0.1, 0.15) is 10.4 Å². The summed E-state index contributed by atoms with van der Waals surface area (Å²) in [5, 5.41) is 0. The summed E-state index contributed by atoms with van der Waals surface area (Å²) in [6.07, 6.45) is 0. The molecule has 0 unspecified atom stereocenters. The first-order valence-corrected chi connectivity index (χ1v) is 7.30. The van der Waals surface area contributed by atoms with Crippen LogP contribution < -0.4 is 0 Å². The van der Waals surface area contributed by atoms with Crippen molar-refractivity contribution >= 4 is 49.9 Å². The Morgan fingerprint density at radius 2 is 1.73 bits per heavy atom. The fourth-order valence-electron chi connectivity index (χ4n) is 1.39. The van der Waals surface area contributed by atoms with Crippen LogP contribution in [0.15, 0.2) is 28.7 Å². The van der Waals surface area contributed by atoms with E-state index < -0.39 is 0 Å². The van der Waals surface area contributed by atoms with Crippen molar-refractivity contribution in [3.63, 3.8) is 0 Å². The number of aryl methyl sites for hydroxylation is 1. The van der Waals surface area contributed by atoms with E-state index in [1.807, 2.05) is 11.3 Å². The molecule has 0 saturated carbocycles. The molecule has 0 aliphatic carbocycles. The van der Waals surface area contributed by atoms with Crippen molar-refractivity contribution in [1.82, 2.24) is 0 Å². The van der Waals surface area contributed by atoms with Crippen LogP contribution in [0.3, 0.4) is 0 Å². The van der Waals surface area contributed by atoms with E-state index in [0.717, 1.165) is 4.47 Å². The Hall–Kier alpha value is 0.130. The van der Waals surface area contributed by atoms with Gasteiger partial charge in [-0.25, -0.2) is 0 Å². The predicted molar refractivity (Wildman–Crippen MR) is 79.6 cm³/mol. The molecule has 2 rings (SSSR count). The van der Waals surface area contributed by atoms with Gasteiger partial charge in [-0.2, -0.15) is 0 Å². The third-order valence-corrected chi connectivity index (χ3v) is 5.92. The lowest BCUT2D eigenvalue weighted by Gasteiger charge is -1.99. The molecule has 0 nitrogen and oxygen atoms in total. The molecule has 0 spiro atoms. The Labute approximate surface area is 116 Å². The maximum Gasteiger partial charge on any atom is 0.0481 e. The third kappa shape index (κ3) is 2.29. The van der Waals surface area contributed by atoms with E-state index in [0.29, 0.717) is 0 Å². The minimum Gasteiger partial charge on any atom is -0.139 e. The van der Waals surface area contributed by atoms with Crippen LogP contribution in [0.2, 0.25) is 0 Å². The van der Waals surface area contributed by atoms with Gasteiger partial charge in [-0.15, -0.1) is 11.3 Å². The van der Waals surface area contributed by atoms with Crippen LogP contribution in [0.4, 0.5) is 0 Å². The zero-order chi connectivity index (χ0) is 11.0. The van der Waals surface area contributed by atoms with Crippen LogP contribution in [-0.4, -0.2) is 0 Å². The van der Waals surface area contributed by atoms with Crippen molar-refractivity contribution in [1.29, 1.82) is 0 Å². The normalized spacial score (nSPS) is 10.7. The largest absolute Gasteiger partial charge is 0.139 e. The molecule has 0 aliphatic heterocycles. The molecule has 1 aromatic carbocycles. The second kappa shape index (κ2) is 4.55. The smallest absolute Gasteiger partial charge is 0.0481 e. The summed E-state index contributed by atoms with van der Waals surface area (Å²) in [6, 6.07) is 8.51. The van der Waals surface area contributed by atoms with Gasteiger partial charge >= 0.3 is 0 Å². The van der Waals surface area contributed by atoms with Crippen molar-refractivity contribution in [3.05, 3.63) is 42.7 Å². The molecule has 0 aliphatic rings. The summed E-state index contributed by atoms with van der Waals surface area (Å²) in [5.41, 5.74) is 2.72. The summed E-state index contributed by atoms with van der Waals surface area (Å²) < 4.78 is 2.52. The van der Waals surface area contributed by atoms with Gasteiger partial charge in [0.1, 0.15) is 0 Å². The summed E-state index contributed by atoms with van der Waals surface area (Å²) in [4.78, 5) is 2.80. The lowest BCUT2D eigenvalue weighted by atomic mass is 10.1. The van der Waals surface area contributed by atoms with E-state index in [1.54, 1.807) is 0 Å². The van der Waals surface area contributed by atoms with Gasteiger partial charge in [0.25, 0.3) is 0 Å². The fraction of sp³-hybridized carbons (Fsp3) is 0.167. The first kappa shape index (κ1) is 11.6. The topological polar surface area (TPSA) is 0 Å². The van der Waals surface area contributed by atoms with Gasteiger partial charge in [-0.05, 0) is 59.7 Å². The second-order valence-electron chi connectivity index (χ2n) is 3.43.